The molecular formula is C16H28N4. The zero-order valence-corrected chi connectivity index (χ0v) is 13.9. The maximum absolute atomic E-state index is 9.46. The first-order valence-corrected chi connectivity index (χ1v) is 7.47. The van der Waals surface area contributed by atoms with Crippen molar-refractivity contribution in [2.24, 2.45) is 0 Å². The fourth-order valence-corrected chi connectivity index (χ4v) is 3.09. The molecule has 0 aliphatic carbocycles. The van der Waals surface area contributed by atoms with Gasteiger partial charge in [0.15, 0.2) is 0 Å². The van der Waals surface area contributed by atoms with Crippen LogP contribution < -0.4 is 5.32 Å². The van der Waals surface area contributed by atoms with Gasteiger partial charge in [0.05, 0.1) is 17.8 Å². The molecule has 4 heteroatoms. The highest BCUT2D eigenvalue weighted by Crippen LogP contribution is 2.24. The van der Waals surface area contributed by atoms with Gasteiger partial charge in [-0.1, -0.05) is 6.92 Å². The van der Waals surface area contributed by atoms with Crippen LogP contribution in [0, 0.1) is 25.2 Å². The quantitative estimate of drug-likeness (QED) is 0.867. The maximum atomic E-state index is 9.46. The highest BCUT2D eigenvalue weighted by Gasteiger charge is 2.28. The molecule has 20 heavy (non-hydrogen) atoms. The predicted octanol–water partition coefficient (Wildman–Crippen LogP) is 3.29. The number of rotatable bonds is 6. The number of hydrogen-bond donors (Lipinski definition) is 1. The van der Waals surface area contributed by atoms with Crippen LogP contribution in [-0.2, 0) is 6.42 Å². The standard InChI is InChI=1S/C16H28N4/c1-8-15-13(5)19-20(14(15)6)12(4)9-16(7,10-17)18-11(2)3/h11-12,18H,8-9H2,1-7H3. The molecular weight excluding hydrogens is 248 g/mol. The van der Waals surface area contributed by atoms with Gasteiger partial charge in [-0.25, -0.2) is 0 Å². The van der Waals surface area contributed by atoms with Crippen LogP contribution in [0.25, 0.3) is 0 Å². The zero-order valence-electron chi connectivity index (χ0n) is 13.9. The van der Waals surface area contributed by atoms with Gasteiger partial charge in [-0.3, -0.25) is 10.00 Å². The minimum absolute atomic E-state index is 0.199. The van der Waals surface area contributed by atoms with Crippen molar-refractivity contribution in [3.8, 4) is 6.07 Å². The van der Waals surface area contributed by atoms with Crippen LogP contribution >= 0.6 is 0 Å². The first kappa shape index (κ1) is 16.7. The molecule has 2 unspecified atom stereocenters. The van der Waals surface area contributed by atoms with Crippen molar-refractivity contribution in [1.82, 2.24) is 15.1 Å². The second-order valence-corrected chi connectivity index (χ2v) is 6.24. The highest BCUT2D eigenvalue weighted by atomic mass is 15.3. The summed E-state index contributed by atoms with van der Waals surface area (Å²) in [4.78, 5) is 0. The molecule has 1 N–H and O–H groups in total. The Morgan fingerprint density at radius 3 is 2.35 bits per heavy atom. The van der Waals surface area contributed by atoms with Crippen LogP contribution in [0.3, 0.4) is 0 Å². The summed E-state index contributed by atoms with van der Waals surface area (Å²) in [5, 5.41) is 17.5. The van der Waals surface area contributed by atoms with E-state index in [-0.39, 0.29) is 6.04 Å². The number of nitrogens with one attached hydrogen (secondary N) is 1. The van der Waals surface area contributed by atoms with Crippen molar-refractivity contribution in [1.29, 1.82) is 5.26 Å². The van der Waals surface area contributed by atoms with Gasteiger partial charge >= 0.3 is 0 Å². The summed E-state index contributed by atoms with van der Waals surface area (Å²) in [6, 6.07) is 2.90. The number of hydrogen-bond acceptors (Lipinski definition) is 3. The lowest BCUT2D eigenvalue weighted by atomic mass is 9.94. The van der Waals surface area contributed by atoms with Crippen molar-refractivity contribution < 1.29 is 0 Å². The van der Waals surface area contributed by atoms with Gasteiger partial charge in [0.1, 0.15) is 5.54 Å². The van der Waals surface area contributed by atoms with Gasteiger partial charge in [-0.15, -0.1) is 0 Å². The molecule has 0 aliphatic heterocycles. The Hall–Kier alpha value is -1.34. The van der Waals surface area contributed by atoms with E-state index < -0.39 is 5.54 Å². The van der Waals surface area contributed by atoms with Gasteiger partial charge < -0.3 is 0 Å². The molecule has 0 aliphatic rings. The van der Waals surface area contributed by atoms with Gasteiger partial charge in [-0.2, -0.15) is 10.4 Å². The van der Waals surface area contributed by atoms with E-state index in [0.717, 1.165) is 18.5 Å². The van der Waals surface area contributed by atoms with Gasteiger partial charge in [0.25, 0.3) is 0 Å². The van der Waals surface area contributed by atoms with E-state index in [2.05, 4.69) is 62.7 Å². The monoisotopic (exact) mass is 276 g/mol. The van der Waals surface area contributed by atoms with Crippen LogP contribution in [0.15, 0.2) is 0 Å². The largest absolute Gasteiger partial charge is 0.297 e. The van der Waals surface area contributed by atoms with Crippen molar-refractivity contribution in [2.75, 3.05) is 0 Å². The van der Waals surface area contributed by atoms with Crippen molar-refractivity contribution in [3.63, 3.8) is 0 Å². The Bertz CT molecular complexity index is 495. The molecule has 1 heterocycles. The first-order valence-electron chi connectivity index (χ1n) is 7.47. The zero-order chi connectivity index (χ0) is 15.5. The van der Waals surface area contributed by atoms with E-state index in [0.29, 0.717) is 6.04 Å². The Kier molecular flexibility index (Phi) is 5.35. The van der Waals surface area contributed by atoms with E-state index in [4.69, 9.17) is 0 Å². The van der Waals surface area contributed by atoms with E-state index in [1.807, 2.05) is 6.92 Å². The summed E-state index contributed by atoms with van der Waals surface area (Å²) in [5.41, 5.74) is 3.13. The fraction of sp³-hybridized carbons (Fsp3) is 0.750. The Morgan fingerprint density at radius 2 is 1.95 bits per heavy atom. The van der Waals surface area contributed by atoms with E-state index in [1.165, 1.54) is 11.3 Å². The molecule has 0 aromatic carbocycles. The number of nitriles is 1. The average Bonchev–Trinajstić information content (AvgIpc) is 2.63. The second kappa shape index (κ2) is 6.41. The summed E-state index contributed by atoms with van der Waals surface area (Å²) < 4.78 is 2.08. The topological polar surface area (TPSA) is 53.6 Å². The van der Waals surface area contributed by atoms with Crippen LogP contribution in [0.2, 0.25) is 0 Å². The molecule has 112 valence electrons. The number of nitrogens with zero attached hydrogens (tertiary/aromatic N) is 3. The van der Waals surface area contributed by atoms with Gasteiger partial charge in [0, 0.05) is 18.2 Å². The van der Waals surface area contributed by atoms with Crippen LogP contribution in [0.4, 0.5) is 0 Å². The molecule has 1 rings (SSSR count). The highest BCUT2D eigenvalue weighted by molar-refractivity contribution is 5.24. The molecule has 0 saturated heterocycles. The normalized spacial score (nSPS) is 15.9. The van der Waals surface area contributed by atoms with Crippen LogP contribution in [0.5, 0.6) is 0 Å². The van der Waals surface area contributed by atoms with E-state index >= 15 is 0 Å². The minimum atomic E-state index is -0.522. The molecule has 1 aromatic rings. The van der Waals surface area contributed by atoms with Crippen molar-refractivity contribution in [3.05, 3.63) is 17.0 Å². The Morgan fingerprint density at radius 1 is 1.35 bits per heavy atom. The Balaban J connectivity index is 2.96. The average molecular weight is 276 g/mol. The Labute approximate surface area is 123 Å². The smallest absolute Gasteiger partial charge is 0.106 e. The SMILES string of the molecule is CCc1c(C)nn(C(C)CC(C)(C#N)NC(C)C)c1C. The molecule has 0 spiro atoms. The summed E-state index contributed by atoms with van der Waals surface area (Å²) >= 11 is 0. The predicted molar refractivity (Wildman–Crippen MR) is 82.7 cm³/mol. The molecule has 2 atom stereocenters. The summed E-state index contributed by atoms with van der Waals surface area (Å²) in [5.74, 6) is 0. The number of aromatic nitrogens is 2. The van der Waals surface area contributed by atoms with E-state index in [1.54, 1.807) is 0 Å². The summed E-state index contributed by atoms with van der Waals surface area (Å²) in [6.07, 6.45) is 1.75. The molecule has 0 bridgehead atoms. The third kappa shape index (κ3) is 3.61. The summed E-state index contributed by atoms with van der Waals surface area (Å²) in [6.45, 7) is 14.6. The van der Waals surface area contributed by atoms with Gasteiger partial charge in [-0.05, 0) is 53.5 Å². The lowest BCUT2D eigenvalue weighted by molar-refractivity contribution is 0.311. The molecule has 0 radical (unpaired) electrons. The first-order chi connectivity index (χ1) is 9.24. The molecule has 4 nitrogen and oxygen atoms in total. The maximum Gasteiger partial charge on any atom is 0.106 e. The minimum Gasteiger partial charge on any atom is -0.297 e. The molecule has 1 aromatic heterocycles. The third-order valence-corrected chi connectivity index (χ3v) is 3.80. The second-order valence-electron chi connectivity index (χ2n) is 6.24. The fourth-order valence-electron chi connectivity index (χ4n) is 3.09. The molecule has 0 saturated carbocycles. The lowest BCUT2D eigenvalue weighted by Crippen LogP contribution is -2.46. The summed E-state index contributed by atoms with van der Waals surface area (Å²) in [7, 11) is 0. The lowest BCUT2D eigenvalue weighted by Gasteiger charge is -2.29. The van der Waals surface area contributed by atoms with Crippen LogP contribution in [0.1, 0.15) is 64.0 Å². The van der Waals surface area contributed by atoms with Gasteiger partial charge in [0.2, 0.25) is 0 Å². The van der Waals surface area contributed by atoms with E-state index in [9.17, 15) is 5.26 Å². The van der Waals surface area contributed by atoms with Crippen molar-refractivity contribution >= 4 is 0 Å². The molecule has 0 fully saturated rings. The molecule has 0 amide bonds. The van der Waals surface area contributed by atoms with Crippen molar-refractivity contribution in [2.45, 2.75) is 78.9 Å². The third-order valence-electron chi connectivity index (χ3n) is 3.80. The van der Waals surface area contributed by atoms with Crippen LogP contribution in [-0.4, -0.2) is 21.4 Å². The number of aryl methyl sites for hydroxylation is 1.